The van der Waals surface area contributed by atoms with E-state index in [4.69, 9.17) is 0 Å². The molecule has 3 heteroatoms. The van der Waals surface area contributed by atoms with Crippen LogP contribution in [0.4, 0.5) is 0 Å². The molecule has 0 radical (unpaired) electrons. The standard InChI is InChI=1S/C12H19BrN2/c1-2-8-14-9-4-3-5-12-7-6-11(13)10-15-12/h6-7,10,14H,2-5,8-9H2,1H3. The van der Waals surface area contributed by atoms with Crippen LogP contribution in [0.2, 0.25) is 0 Å². The van der Waals surface area contributed by atoms with Gasteiger partial charge in [0.05, 0.1) is 0 Å². The molecule has 0 bridgehead atoms. The lowest BCUT2D eigenvalue weighted by molar-refractivity contribution is 0.614. The molecule has 2 nitrogen and oxygen atoms in total. The van der Waals surface area contributed by atoms with E-state index in [1.165, 1.54) is 25.0 Å². The molecule has 0 unspecified atom stereocenters. The van der Waals surface area contributed by atoms with Crippen molar-refractivity contribution in [3.8, 4) is 0 Å². The topological polar surface area (TPSA) is 24.9 Å². The van der Waals surface area contributed by atoms with Crippen molar-refractivity contribution in [2.75, 3.05) is 13.1 Å². The Kier molecular flexibility index (Phi) is 6.60. The summed E-state index contributed by atoms with van der Waals surface area (Å²) in [5.41, 5.74) is 1.19. The van der Waals surface area contributed by atoms with E-state index in [0.29, 0.717) is 0 Å². The van der Waals surface area contributed by atoms with Crippen molar-refractivity contribution in [1.29, 1.82) is 0 Å². The Bertz CT molecular complexity index is 259. The van der Waals surface area contributed by atoms with Gasteiger partial charge in [-0.2, -0.15) is 0 Å². The van der Waals surface area contributed by atoms with Crippen LogP contribution < -0.4 is 5.32 Å². The normalized spacial score (nSPS) is 10.5. The van der Waals surface area contributed by atoms with Gasteiger partial charge >= 0.3 is 0 Å². The van der Waals surface area contributed by atoms with Gasteiger partial charge in [-0.15, -0.1) is 0 Å². The zero-order valence-corrected chi connectivity index (χ0v) is 10.9. The molecule has 0 atom stereocenters. The maximum Gasteiger partial charge on any atom is 0.0413 e. The van der Waals surface area contributed by atoms with Crippen LogP contribution in [0.25, 0.3) is 0 Å². The van der Waals surface area contributed by atoms with Gasteiger partial charge < -0.3 is 5.32 Å². The summed E-state index contributed by atoms with van der Waals surface area (Å²) in [7, 11) is 0. The van der Waals surface area contributed by atoms with Crippen molar-refractivity contribution in [1.82, 2.24) is 10.3 Å². The quantitative estimate of drug-likeness (QED) is 0.770. The van der Waals surface area contributed by atoms with E-state index in [-0.39, 0.29) is 0 Å². The van der Waals surface area contributed by atoms with Crippen molar-refractivity contribution in [2.24, 2.45) is 0 Å². The van der Waals surface area contributed by atoms with Gasteiger partial charge in [0.25, 0.3) is 0 Å². The highest BCUT2D eigenvalue weighted by Crippen LogP contribution is 2.09. The molecule has 0 amide bonds. The molecule has 0 saturated carbocycles. The first-order chi connectivity index (χ1) is 7.33. The first-order valence-corrected chi connectivity index (χ1v) is 6.43. The molecule has 0 fully saturated rings. The highest BCUT2D eigenvalue weighted by molar-refractivity contribution is 9.10. The SMILES string of the molecule is CCCNCCCCc1ccc(Br)cn1. The molecular formula is C12H19BrN2. The molecule has 1 aromatic heterocycles. The molecule has 84 valence electrons. The molecule has 1 heterocycles. The lowest BCUT2D eigenvalue weighted by Crippen LogP contribution is -2.15. The van der Waals surface area contributed by atoms with Crippen molar-refractivity contribution in [3.05, 3.63) is 28.5 Å². The highest BCUT2D eigenvalue weighted by atomic mass is 79.9. The Hall–Kier alpha value is -0.410. The van der Waals surface area contributed by atoms with Crippen LogP contribution in [0.15, 0.2) is 22.8 Å². The monoisotopic (exact) mass is 270 g/mol. The molecule has 1 rings (SSSR count). The molecule has 0 aliphatic carbocycles. The molecule has 0 aliphatic rings. The van der Waals surface area contributed by atoms with E-state index in [1.54, 1.807) is 0 Å². The molecule has 0 aromatic carbocycles. The van der Waals surface area contributed by atoms with Crippen LogP contribution in [-0.4, -0.2) is 18.1 Å². The Balaban J connectivity index is 2.07. The van der Waals surface area contributed by atoms with E-state index < -0.39 is 0 Å². The molecule has 0 saturated heterocycles. The van der Waals surface area contributed by atoms with Gasteiger partial charge in [0.2, 0.25) is 0 Å². The zero-order valence-electron chi connectivity index (χ0n) is 9.30. The second-order valence-corrected chi connectivity index (χ2v) is 4.59. The van der Waals surface area contributed by atoms with Gasteiger partial charge in [-0.05, 0) is 66.8 Å². The van der Waals surface area contributed by atoms with Crippen LogP contribution in [0.3, 0.4) is 0 Å². The van der Waals surface area contributed by atoms with Crippen molar-refractivity contribution >= 4 is 15.9 Å². The lowest BCUT2D eigenvalue weighted by Gasteiger charge is -2.03. The van der Waals surface area contributed by atoms with Crippen LogP contribution in [0.1, 0.15) is 31.9 Å². The van der Waals surface area contributed by atoms with Gasteiger partial charge in [-0.1, -0.05) is 6.92 Å². The average Bonchev–Trinajstić information content (AvgIpc) is 2.26. The van der Waals surface area contributed by atoms with Gasteiger partial charge in [0.15, 0.2) is 0 Å². The number of aromatic nitrogens is 1. The summed E-state index contributed by atoms with van der Waals surface area (Å²) in [5.74, 6) is 0. The van der Waals surface area contributed by atoms with Gasteiger partial charge in [0.1, 0.15) is 0 Å². The summed E-state index contributed by atoms with van der Waals surface area (Å²) in [6, 6.07) is 4.14. The minimum atomic E-state index is 1.05. The molecule has 0 spiro atoms. The third-order valence-electron chi connectivity index (χ3n) is 2.25. The Morgan fingerprint density at radius 2 is 2.13 bits per heavy atom. The summed E-state index contributed by atoms with van der Waals surface area (Å²) in [6.07, 6.45) is 6.61. The first-order valence-electron chi connectivity index (χ1n) is 5.64. The maximum atomic E-state index is 4.34. The zero-order chi connectivity index (χ0) is 10.9. The maximum absolute atomic E-state index is 4.34. The van der Waals surface area contributed by atoms with E-state index >= 15 is 0 Å². The number of rotatable bonds is 7. The second kappa shape index (κ2) is 7.83. The van der Waals surface area contributed by atoms with Crippen molar-refractivity contribution < 1.29 is 0 Å². The Labute approximate surface area is 101 Å². The summed E-state index contributed by atoms with van der Waals surface area (Å²) in [5, 5.41) is 3.40. The van der Waals surface area contributed by atoms with E-state index in [0.717, 1.165) is 24.0 Å². The summed E-state index contributed by atoms with van der Waals surface area (Å²) >= 11 is 3.38. The van der Waals surface area contributed by atoms with E-state index in [2.05, 4.69) is 45.3 Å². The first kappa shape index (κ1) is 12.7. The minimum absolute atomic E-state index is 1.05. The fourth-order valence-corrected chi connectivity index (χ4v) is 1.65. The van der Waals surface area contributed by atoms with Crippen LogP contribution in [0, 0.1) is 0 Å². The predicted octanol–water partition coefficient (Wildman–Crippen LogP) is 3.17. The smallest absolute Gasteiger partial charge is 0.0413 e. The van der Waals surface area contributed by atoms with Crippen molar-refractivity contribution in [2.45, 2.75) is 32.6 Å². The van der Waals surface area contributed by atoms with Crippen LogP contribution in [0.5, 0.6) is 0 Å². The molecule has 15 heavy (non-hydrogen) atoms. The number of nitrogens with one attached hydrogen (secondary N) is 1. The highest BCUT2D eigenvalue weighted by Gasteiger charge is 1.94. The van der Waals surface area contributed by atoms with Gasteiger partial charge in [0, 0.05) is 16.4 Å². The fraction of sp³-hybridized carbons (Fsp3) is 0.583. The Morgan fingerprint density at radius 3 is 2.80 bits per heavy atom. The molecular weight excluding hydrogens is 252 g/mol. The number of unbranched alkanes of at least 4 members (excludes halogenated alkanes) is 1. The number of nitrogens with zero attached hydrogens (tertiary/aromatic N) is 1. The van der Waals surface area contributed by atoms with Crippen LogP contribution in [-0.2, 0) is 6.42 Å². The van der Waals surface area contributed by atoms with E-state index in [1.807, 2.05) is 6.20 Å². The third kappa shape index (κ3) is 5.90. The summed E-state index contributed by atoms with van der Waals surface area (Å²) in [4.78, 5) is 4.34. The predicted molar refractivity (Wildman–Crippen MR) is 68.0 cm³/mol. The van der Waals surface area contributed by atoms with Crippen LogP contribution >= 0.6 is 15.9 Å². The molecule has 1 N–H and O–H groups in total. The second-order valence-electron chi connectivity index (χ2n) is 3.67. The Morgan fingerprint density at radius 1 is 1.27 bits per heavy atom. The number of halogens is 1. The van der Waals surface area contributed by atoms with Gasteiger partial charge in [-0.25, -0.2) is 0 Å². The van der Waals surface area contributed by atoms with Crippen molar-refractivity contribution in [3.63, 3.8) is 0 Å². The minimum Gasteiger partial charge on any atom is -0.317 e. The fourth-order valence-electron chi connectivity index (χ4n) is 1.41. The number of aryl methyl sites for hydroxylation is 1. The van der Waals surface area contributed by atoms with Gasteiger partial charge in [-0.3, -0.25) is 4.98 Å². The summed E-state index contributed by atoms with van der Waals surface area (Å²) in [6.45, 7) is 4.46. The number of hydrogen-bond acceptors (Lipinski definition) is 2. The summed E-state index contributed by atoms with van der Waals surface area (Å²) < 4.78 is 1.05. The number of pyridine rings is 1. The lowest BCUT2D eigenvalue weighted by atomic mass is 10.2. The third-order valence-corrected chi connectivity index (χ3v) is 2.72. The number of hydrogen-bond donors (Lipinski definition) is 1. The molecule has 0 aliphatic heterocycles. The average molecular weight is 271 g/mol. The largest absolute Gasteiger partial charge is 0.317 e. The molecule has 1 aromatic rings. The van der Waals surface area contributed by atoms with E-state index in [9.17, 15) is 0 Å².